The van der Waals surface area contributed by atoms with Crippen LogP contribution in [-0.2, 0) is 11.3 Å². The molecule has 7 heteroatoms. The summed E-state index contributed by atoms with van der Waals surface area (Å²) in [6.07, 6.45) is 2.17. The number of ether oxygens (including phenoxy) is 1. The van der Waals surface area contributed by atoms with Gasteiger partial charge in [-0.05, 0) is 18.4 Å². The lowest BCUT2D eigenvalue weighted by Crippen LogP contribution is -2.39. The van der Waals surface area contributed by atoms with Gasteiger partial charge in [-0.1, -0.05) is 41.7 Å². The minimum atomic E-state index is -0.170. The maximum atomic E-state index is 12.5. The number of anilines is 1. The zero-order chi connectivity index (χ0) is 15.2. The Bertz CT molecular complexity index is 585. The molecule has 1 atom stereocenters. The van der Waals surface area contributed by atoms with Gasteiger partial charge >= 0.3 is 6.03 Å². The van der Waals surface area contributed by atoms with E-state index in [4.69, 9.17) is 4.74 Å². The average Bonchev–Trinajstić information content (AvgIpc) is 3.21. The summed E-state index contributed by atoms with van der Waals surface area (Å²) in [4.78, 5) is 14.3. The van der Waals surface area contributed by atoms with E-state index in [0.717, 1.165) is 25.0 Å². The molecule has 0 spiro atoms. The number of nitrogens with one attached hydrogen (secondary N) is 1. The van der Waals surface area contributed by atoms with E-state index in [1.807, 2.05) is 30.3 Å². The Morgan fingerprint density at radius 3 is 2.95 bits per heavy atom. The quantitative estimate of drug-likeness (QED) is 0.920. The molecule has 1 aromatic heterocycles. The van der Waals surface area contributed by atoms with Crippen molar-refractivity contribution in [2.45, 2.75) is 25.5 Å². The summed E-state index contributed by atoms with van der Waals surface area (Å²) in [6, 6.07) is 9.78. The van der Waals surface area contributed by atoms with E-state index in [9.17, 15) is 4.79 Å². The van der Waals surface area contributed by atoms with Gasteiger partial charge in [0.1, 0.15) is 5.51 Å². The Balaban J connectivity index is 1.68. The van der Waals surface area contributed by atoms with Crippen LogP contribution in [0.5, 0.6) is 0 Å². The molecule has 2 amide bonds. The first-order valence-electron chi connectivity index (χ1n) is 7.29. The van der Waals surface area contributed by atoms with Crippen LogP contribution >= 0.6 is 11.3 Å². The van der Waals surface area contributed by atoms with Crippen molar-refractivity contribution in [3.8, 4) is 0 Å². The maximum absolute atomic E-state index is 12.5. The van der Waals surface area contributed by atoms with Crippen LogP contribution in [0.3, 0.4) is 0 Å². The number of benzene rings is 1. The van der Waals surface area contributed by atoms with E-state index < -0.39 is 0 Å². The molecule has 1 aromatic carbocycles. The average molecular weight is 318 g/mol. The molecule has 0 saturated carbocycles. The lowest BCUT2D eigenvalue weighted by atomic mass is 10.2. The molecule has 2 heterocycles. The molecule has 1 N–H and O–H groups in total. The van der Waals surface area contributed by atoms with Crippen LogP contribution < -0.4 is 5.32 Å². The number of hydrogen-bond donors (Lipinski definition) is 1. The Morgan fingerprint density at radius 1 is 1.41 bits per heavy atom. The van der Waals surface area contributed by atoms with Crippen molar-refractivity contribution in [2.24, 2.45) is 0 Å². The summed E-state index contributed by atoms with van der Waals surface area (Å²) in [5.41, 5.74) is 2.69. The summed E-state index contributed by atoms with van der Waals surface area (Å²) < 4.78 is 5.66. The summed E-state index contributed by atoms with van der Waals surface area (Å²) in [7, 11) is 0. The largest absolute Gasteiger partial charge is 0.376 e. The molecule has 0 unspecified atom stereocenters. The number of urea groups is 1. The van der Waals surface area contributed by atoms with Crippen molar-refractivity contribution in [1.82, 2.24) is 15.1 Å². The number of nitrogens with zero attached hydrogens (tertiary/aromatic N) is 3. The van der Waals surface area contributed by atoms with Crippen molar-refractivity contribution < 1.29 is 9.53 Å². The summed E-state index contributed by atoms with van der Waals surface area (Å²) in [5, 5.41) is 10.9. The van der Waals surface area contributed by atoms with Crippen LogP contribution in [0.15, 0.2) is 35.8 Å². The molecule has 116 valence electrons. The van der Waals surface area contributed by atoms with Crippen LogP contribution in [0.25, 0.3) is 0 Å². The minimum Gasteiger partial charge on any atom is -0.376 e. The molecular formula is C15H18N4O2S. The van der Waals surface area contributed by atoms with Gasteiger partial charge < -0.3 is 9.64 Å². The minimum absolute atomic E-state index is 0.115. The zero-order valence-electron chi connectivity index (χ0n) is 12.1. The molecule has 22 heavy (non-hydrogen) atoms. The highest BCUT2D eigenvalue weighted by Gasteiger charge is 2.23. The van der Waals surface area contributed by atoms with E-state index in [1.54, 1.807) is 10.4 Å². The first kappa shape index (κ1) is 14.9. The highest BCUT2D eigenvalue weighted by molar-refractivity contribution is 7.13. The fourth-order valence-electron chi connectivity index (χ4n) is 2.46. The number of hydrogen-bond acceptors (Lipinski definition) is 5. The first-order chi connectivity index (χ1) is 10.8. The molecule has 1 saturated heterocycles. The number of rotatable bonds is 5. The van der Waals surface area contributed by atoms with E-state index >= 15 is 0 Å². The van der Waals surface area contributed by atoms with E-state index in [0.29, 0.717) is 18.2 Å². The van der Waals surface area contributed by atoms with Gasteiger partial charge in [0.25, 0.3) is 0 Å². The Kier molecular flexibility index (Phi) is 4.97. The van der Waals surface area contributed by atoms with Crippen molar-refractivity contribution in [1.29, 1.82) is 0 Å². The van der Waals surface area contributed by atoms with Crippen LogP contribution in [-0.4, -0.2) is 40.4 Å². The topological polar surface area (TPSA) is 67.4 Å². The second-order valence-corrected chi connectivity index (χ2v) is 6.01. The third-order valence-electron chi connectivity index (χ3n) is 3.53. The summed E-state index contributed by atoms with van der Waals surface area (Å²) >= 11 is 1.31. The molecule has 1 aliphatic rings. The fraction of sp³-hybridized carbons (Fsp3) is 0.400. The van der Waals surface area contributed by atoms with Gasteiger partial charge in [0.15, 0.2) is 0 Å². The second kappa shape index (κ2) is 7.33. The van der Waals surface area contributed by atoms with Gasteiger partial charge in [-0.3, -0.25) is 5.32 Å². The standard InChI is InChI=1S/C15H18N4O2S/c20-15(17-14-18-16-11-22-14)19(10-13-7-4-8-21-13)9-12-5-2-1-3-6-12/h1-3,5-6,11,13H,4,7-10H2,(H,17,18,20)/t13-/m1/s1. The van der Waals surface area contributed by atoms with Gasteiger partial charge in [-0.2, -0.15) is 0 Å². The summed E-state index contributed by atoms with van der Waals surface area (Å²) in [6.45, 7) is 1.91. The van der Waals surface area contributed by atoms with Crippen molar-refractivity contribution in [3.63, 3.8) is 0 Å². The first-order valence-corrected chi connectivity index (χ1v) is 8.17. The monoisotopic (exact) mass is 318 g/mol. The third-order valence-corrected chi connectivity index (χ3v) is 4.13. The molecule has 1 aliphatic heterocycles. The van der Waals surface area contributed by atoms with Gasteiger partial charge in [0, 0.05) is 19.7 Å². The van der Waals surface area contributed by atoms with Gasteiger partial charge in [-0.15, -0.1) is 10.2 Å². The number of carbonyl (C=O) groups excluding carboxylic acids is 1. The molecule has 1 fully saturated rings. The molecule has 0 aliphatic carbocycles. The van der Waals surface area contributed by atoms with Crippen LogP contribution in [0.2, 0.25) is 0 Å². The van der Waals surface area contributed by atoms with E-state index in [2.05, 4.69) is 15.5 Å². The molecule has 0 bridgehead atoms. The van der Waals surface area contributed by atoms with Gasteiger partial charge in [0.2, 0.25) is 5.13 Å². The Morgan fingerprint density at radius 2 is 2.27 bits per heavy atom. The predicted octanol–water partition coefficient (Wildman–Crippen LogP) is 2.75. The summed E-state index contributed by atoms with van der Waals surface area (Å²) in [5.74, 6) is 0. The highest BCUT2D eigenvalue weighted by Crippen LogP contribution is 2.17. The number of aromatic nitrogens is 2. The highest BCUT2D eigenvalue weighted by atomic mass is 32.1. The second-order valence-electron chi connectivity index (χ2n) is 5.18. The Labute approximate surface area is 133 Å². The molecule has 2 aromatic rings. The normalized spacial score (nSPS) is 17.4. The maximum Gasteiger partial charge on any atom is 0.324 e. The van der Waals surface area contributed by atoms with Crippen LogP contribution in [0.4, 0.5) is 9.93 Å². The lowest BCUT2D eigenvalue weighted by Gasteiger charge is -2.25. The smallest absolute Gasteiger partial charge is 0.324 e. The third kappa shape index (κ3) is 4.02. The number of carbonyl (C=O) groups is 1. The van der Waals surface area contributed by atoms with Crippen molar-refractivity contribution in [3.05, 3.63) is 41.4 Å². The van der Waals surface area contributed by atoms with Crippen molar-refractivity contribution >= 4 is 22.5 Å². The van der Waals surface area contributed by atoms with Crippen LogP contribution in [0, 0.1) is 0 Å². The van der Waals surface area contributed by atoms with Gasteiger partial charge in [0.05, 0.1) is 6.10 Å². The molecule has 3 rings (SSSR count). The van der Waals surface area contributed by atoms with Crippen LogP contribution in [0.1, 0.15) is 18.4 Å². The van der Waals surface area contributed by atoms with Crippen molar-refractivity contribution in [2.75, 3.05) is 18.5 Å². The Hall–Kier alpha value is -1.99. The molecule has 0 radical (unpaired) electrons. The molecular weight excluding hydrogens is 300 g/mol. The SMILES string of the molecule is O=C(Nc1nncs1)N(Cc1ccccc1)C[C@H]1CCCO1. The predicted molar refractivity (Wildman–Crippen MR) is 84.8 cm³/mol. The van der Waals surface area contributed by atoms with E-state index in [-0.39, 0.29) is 12.1 Å². The zero-order valence-corrected chi connectivity index (χ0v) is 13.0. The number of amides is 2. The lowest BCUT2D eigenvalue weighted by molar-refractivity contribution is 0.0819. The van der Waals surface area contributed by atoms with E-state index in [1.165, 1.54) is 11.3 Å². The van der Waals surface area contributed by atoms with Gasteiger partial charge in [-0.25, -0.2) is 4.79 Å². The fourth-order valence-corrected chi connectivity index (χ4v) is 2.89. The molecule has 6 nitrogen and oxygen atoms in total.